The smallest absolute Gasteiger partial charge is 0.242 e. The fourth-order valence-corrected chi connectivity index (χ4v) is 3.96. The molecule has 0 N–H and O–H groups in total. The third-order valence-corrected chi connectivity index (χ3v) is 6.13. The van der Waals surface area contributed by atoms with Gasteiger partial charge in [-0.25, -0.2) is 0 Å². The van der Waals surface area contributed by atoms with Gasteiger partial charge < -0.3 is 19.1 Å². The lowest BCUT2D eigenvalue weighted by Crippen LogP contribution is -2.45. The zero-order chi connectivity index (χ0) is 25.1. The van der Waals surface area contributed by atoms with Crippen LogP contribution in [0.2, 0.25) is 0 Å². The Morgan fingerprint density at radius 3 is 2.35 bits per heavy atom. The molecule has 1 heterocycles. The number of aromatic nitrogens is 1. The van der Waals surface area contributed by atoms with Gasteiger partial charge in [-0.3, -0.25) is 9.59 Å². The van der Waals surface area contributed by atoms with Crippen LogP contribution in [0.1, 0.15) is 58.2 Å². The van der Waals surface area contributed by atoms with Gasteiger partial charge in [-0.05, 0) is 41.7 Å². The van der Waals surface area contributed by atoms with E-state index in [1.807, 2.05) is 43.9 Å². The van der Waals surface area contributed by atoms with E-state index < -0.39 is 0 Å². The highest BCUT2D eigenvalue weighted by Gasteiger charge is 2.25. The van der Waals surface area contributed by atoms with Gasteiger partial charge in [0, 0.05) is 49.5 Å². The maximum atomic E-state index is 13.4. The summed E-state index contributed by atoms with van der Waals surface area (Å²) in [5, 5.41) is 0. The molecule has 0 fully saturated rings. The van der Waals surface area contributed by atoms with Crippen LogP contribution in [0.3, 0.4) is 0 Å². The first-order chi connectivity index (χ1) is 16.1. The van der Waals surface area contributed by atoms with Crippen molar-refractivity contribution in [2.45, 2.75) is 60.0 Å². The van der Waals surface area contributed by atoms with Crippen molar-refractivity contribution in [3.63, 3.8) is 0 Å². The summed E-state index contributed by atoms with van der Waals surface area (Å²) in [4.78, 5) is 29.9. The number of halogens is 1. The summed E-state index contributed by atoms with van der Waals surface area (Å²) in [6.45, 7) is 11.1. The van der Waals surface area contributed by atoms with Crippen LogP contribution < -0.4 is 0 Å². The van der Waals surface area contributed by atoms with Gasteiger partial charge in [-0.1, -0.05) is 62.2 Å². The normalized spacial score (nSPS) is 11.5. The molecule has 0 bridgehead atoms. The molecule has 0 atom stereocenters. The van der Waals surface area contributed by atoms with E-state index in [4.69, 9.17) is 4.74 Å². The fraction of sp³-hybridized carbons (Fsp3) is 0.556. The number of amides is 2. The van der Waals surface area contributed by atoms with E-state index >= 15 is 0 Å². The molecule has 0 spiro atoms. The third kappa shape index (κ3) is 9.63. The van der Waals surface area contributed by atoms with Gasteiger partial charge in [0.15, 0.2) is 0 Å². The topological polar surface area (TPSA) is 54.8 Å². The molecule has 2 aromatic rings. The molecule has 7 heteroatoms. The van der Waals surface area contributed by atoms with Crippen molar-refractivity contribution in [1.29, 1.82) is 0 Å². The average molecular weight is 535 g/mol. The van der Waals surface area contributed by atoms with Crippen molar-refractivity contribution >= 4 is 27.7 Å². The van der Waals surface area contributed by atoms with E-state index in [1.54, 1.807) is 12.0 Å². The van der Waals surface area contributed by atoms with Gasteiger partial charge in [0.05, 0.1) is 19.7 Å². The molecule has 0 aliphatic rings. The highest BCUT2D eigenvalue weighted by atomic mass is 79.9. The highest BCUT2D eigenvalue weighted by molar-refractivity contribution is 9.10. The van der Waals surface area contributed by atoms with Crippen molar-refractivity contribution in [3.05, 3.63) is 58.3 Å². The molecule has 0 radical (unpaired) electrons. The summed E-state index contributed by atoms with van der Waals surface area (Å²) in [6.07, 6.45) is 4.37. The summed E-state index contributed by atoms with van der Waals surface area (Å²) in [5.41, 5.74) is 2.14. The molecule has 1 aromatic heterocycles. The molecule has 0 aliphatic heterocycles. The molecule has 34 heavy (non-hydrogen) atoms. The Bertz CT molecular complexity index is 903. The van der Waals surface area contributed by atoms with Crippen LogP contribution in [0.5, 0.6) is 0 Å². The van der Waals surface area contributed by atoms with Gasteiger partial charge in [0.1, 0.15) is 0 Å². The van der Waals surface area contributed by atoms with Crippen molar-refractivity contribution in [1.82, 2.24) is 14.4 Å². The van der Waals surface area contributed by atoms with Crippen molar-refractivity contribution in [3.8, 4) is 0 Å². The predicted molar refractivity (Wildman–Crippen MR) is 141 cm³/mol. The molecule has 0 saturated heterocycles. The van der Waals surface area contributed by atoms with E-state index in [-0.39, 0.29) is 23.8 Å². The first-order valence-electron chi connectivity index (χ1n) is 12.1. The Balaban J connectivity index is 2.14. The van der Waals surface area contributed by atoms with Gasteiger partial charge in [-0.2, -0.15) is 0 Å². The molecule has 188 valence electrons. The number of carbonyl (C=O) groups is 2. The average Bonchev–Trinajstić information content (AvgIpc) is 3.20. The maximum absolute atomic E-state index is 13.4. The molecule has 1 aromatic carbocycles. The highest BCUT2D eigenvalue weighted by Crippen LogP contribution is 2.20. The Hall–Kier alpha value is -2.12. The van der Waals surface area contributed by atoms with E-state index in [1.165, 1.54) is 5.56 Å². The van der Waals surface area contributed by atoms with Crippen LogP contribution in [-0.4, -0.2) is 59.5 Å². The number of methoxy groups -OCH3 is 1. The monoisotopic (exact) mass is 533 g/mol. The second-order valence-electron chi connectivity index (χ2n) is 9.97. The summed E-state index contributed by atoms with van der Waals surface area (Å²) in [5.74, 6) is -0.0323. The molecule has 2 amide bonds. The van der Waals surface area contributed by atoms with Crippen molar-refractivity contribution in [2.24, 2.45) is 5.41 Å². The predicted octanol–water partition coefficient (Wildman–Crippen LogP) is 5.34. The summed E-state index contributed by atoms with van der Waals surface area (Å²) >= 11 is 3.48. The number of carbonyl (C=O) groups excluding carboxylic acids is 2. The van der Waals surface area contributed by atoms with Crippen LogP contribution in [0, 0.1) is 5.41 Å². The molecule has 0 unspecified atom stereocenters. The minimum Gasteiger partial charge on any atom is -0.383 e. The number of rotatable bonds is 13. The Labute approximate surface area is 213 Å². The van der Waals surface area contributed by atoms with Crippen LogP contribution in [0.25, 0.3) is 0 Å². The largest absolute Gasteiger partial charge is 0.383 e. The standard InChI is InChI=1S/C27H40BrN3O3/c1-6-7-14-30(26(33)21-31(16-17-34-5)25(32)18-27(2,3)4)20-24-9-8-15-29(24)19-22-10-12-23(28)13-11-22/h8-13,15H,6-7,14,16-21H2,1-5H3. The minimum absolute atomic E-state index is 0.00745. The molecule has 0 aliphatic carbocycles. The first kappa shape index (κ1) is 28.1. The van der Waals surface area contributed by atoms with Crippen molar-refractivity contribution < 1.29 is 14.3 Å². The summed E-state index contributed by atoms with van der Waals surface area (Å²) in [6, 6.07) is 12.4. The molecule has 2 rings (SSSR count). The van der Waals surface area contributed by atoms with Gasteiger partial charge >= 0.3 is 0 Å². The number of hydrogen-bond acceptors (Lipinski definition) is 3. The number of nitrogens with zero attached hydrogens (tertiary/aromatic N) is 3. The SMILES string of the molecule is CCCCN(Cc1cccn1Cc1ccc(Br)cc1)C(=O)CN(CCOC)C(=O)CC(C)(C)C. The molecule has 6 nitrogen and oxygen atoms in total. The summed E-state index contributed by atoms with van der Waals surface area (Å²) in [7, 11) is 1.61. The zero-order valence-electron chi connectivity index (χ0n) is 21.3. The second-order valence-corrected chi connectivity index (χ2v) is 10.9. The lowest BCUT2D eigenvalue weighted by Gasteiger charge is -2.30. The lowest BCUT2D eigenvalue weighted by molar-refractivity contribution is -0.142. The minimum atomic E-state index is -0.138. The quantitative estimate of drug-likeness (QED) is 0.349. The third-order valence-electron chi connectivity index (χ3n) is 5.60. The number of benzene rings is 1. The zero-order valence-corrected chi connectivity index (χ0v) is 22.9. The van der Waals surface area contributed by atoms with E-state index in [0.29, 0.717) is 32.7 Å². The molecular weight excluding hydrogens is 494 g/mol. The van der Waals surface area contributed by atoms with Gasteiger partial charge in [-0.15, -0.1) is 0 Å². The van der Waals surface area contributed by atoms with Crippen LogP contribution in [0.4, 0.5) is 0 Å². The van der Waals surface area contributed by atoms with E-state index in [2.05, 4.69) is 51.8 Å². The number of hydrogen-bond donors (Lipinski definition) is 0. The Morgan fingerprint density at radius 2 is 1.74 bits per heavy atom. The Kier molecular flexibility index (Phi) is 11.3. The Morgan fingerprint density at radius 1 is 1.03 bits per heavy atom. The van der Waals surface area contributed by atoms with Gasteiger partial charge in [0.2, 0.25) is 11.8 Å². The van der Waals surface area contributed by atoms with Gasteiger partial charge in [0.25, 0.3) is 0 Å². The molecule has 0 saturated carbocycles. The summed E-state index contributed by atoms with van der Waals surface area (Å²) < 4.78 is 8.44. The van der Waals surface area contributed by atoms with Crippen LogP contribution in [0.15, 0.2) is 47.1 Å². The maximum Gasteiger partial charge on any atom is 0.242 e. The van der Waals surface area contributed by atoms with E-state index in [0.717, 1.165) is 29.6 Å². The van der Waals surface area contributed by atoms with E-state index in [9.17, 15) is 9.59 Å². The molecular formula is C27H40BrN3O3. The number of unbranched alkanes of at least 4 members (excludes halogenated alkanes) is 1. The first-order valence-corrected chi connectivity index (χ1v) is 12.8. The van der Waals surface area contributed by atoms with Crippen LogP contribution >= 0.6 is 15.9 Å². The second kappa shape index (κ2) is 13.7. The number of ether oxygens (including phenoxy) is 1. The lowest BCUT2D eigenvalue weighted by atomic mass is 9.91. The van der Waals surface area contributed by atoms with Crippen molar-refractivity contribution in [2.75, 3.05) is 33.4 Å². The fourth-order valence-electron chi connectivity index (χ4n) is 3.69. The van der Waals surface area contributed by atoms with Crippen LogP contribution in [-0.2, 0) is 27.4 Å².